The van der Waals surface area contributed by atoms with Gasteiger partial charge in [-0.25, -0.2) is 0 Å². The molecule has 0 aromatic heterocycles. The molecule has 0 radical (unpaired) electrons. The van der Waals surface area contributed by atoms with Gasteiger partial charge in [-0.1, -0.05) is 24.3 Å². The molecule has 5 heteroatoms. The summed E-state index contributed by atoms with van der Waals surface area (Å²) in [6, 6.07) is 5.31. The monoisotopic (exact) mass is 286 g/mol. The molecule has 2 N–H and O–H groups in total. The van der Waals surface area contributed by atoms with Gasteiger partial charge in [0, 0.05) is 6.08 Å². The number of fused-ring (bicyclic) bond motifs is 1. The van der Waals surface area contributed by atoms with Crippen LogP contribution in [0, 0.1) is 0 Å². The molecule has 2 amide bonds. The lowest BCUT2D eigenvalue weighted by atomic mass is 10.1. The molecule has 0 bridgehead atoms. The minimum absolute atomic E-state index is 0.0361. The van der Waals surface area contributed by atoms with Crippen LogP contribution in [0.2, 0.25) is 0 Å². The van der Waals surface area contributed by atoms with Gasteiger partial charge in [-0.2, -0.15) is 0 Å². The minimum Gasteiger partial charge on any atom is -0.482 e. The molecule has 1 aromatic carbocycles. The SMILES string of the molecule is C/C=C/C=C/C(=O)NC(C)c1ccc2c(c1)NC(=O)CO2. The predicted octanol–water partition coefficient (Wildman–Crippen LogP) is 2.33. The lowest BCUT2D eigenvalue weighted by Crippen LogP contribution is -2.27. The number of anilines is 1. The van der Waals surface area contributed by atoms with E-state index in [1.54, 1.807) is 18.2 Å². The maximum Gasteiger partial charge on any atom is 0.262 e. The van der Waals surface area contributed by atoms with Crippen LogP contribution >= 0.6 is 0 Å². The summed E-state index contributed by atoms with van der Waals surface area (Å²) in [4.78, 5) is 23.0. The third kappa shape index (κ3) is 3.95. The van der Waals surface area contributed by atoms with Crippen molar-refractivity contribution >= 4 is 17.5 Å². The van der Waals surface area contributed by atoms with Gasteiger partial charge in [0.25, 0.3) is 5.91 Å². The summed E-state index contributed by atoms with van der Waals surface area (Å²) in [6.07, 6.45) is 6.79. The van der Waals surface area contributed by atoms with E-state index in [-0.39, 0.29) is 24.5 Å². The van der Waals surface area contributed by atoms with Gasteiger partial charge in [0.1, 0.15) is 5.75 Å². The Morgan fingerprint density at radius 2 is 2.24 bits per heavy atom. The van der Waals surface area contributed by atoms with Crippen molar-refractivity contribution in [2.45, 2.75) is 19.9 Å². The maximum atomic E-state index is 11.7. The summed E-state index contributed by atoms with van der Waals surface area (Å²) in [7, 11) is 0. The van der Waals surface area contributed by atoms with Crippen LogP contribution in [0.15, 0.2) is 42.5 Å². The van der Waals surface area contributed by atoms with Crippen LogP contribution in [0.4, 0.5) is 5.69 Å². The molecule has 2 rings (SSSR count). The molecule has 0 aliphatic carbocycles. The van der Waals surface area contributed by atoms with Gasteiger partial charge in [0.15, 0.2) is 6.61 Å². The van der Waals surface area contributed by atoms with Crippen molar-refractivity contribution in [2.75, 3.05) is 11.9 Å². The molecule has 1 heterocycles. The predicted molar refractivity (Wildman–Crippen MR) is 81.1 cm³/mol. The highest BCUT2D eigenvalue weighted by Gasteiger charge is 2.17. The van der Waals surface area contributed by atoms with Gasteiger partial charge in [-0.05, 0) is 31.5 Å². The van der Waals surface area contributed by atoms with Crippen LogP contribution in [-0.4, -0.2) is 18.4 Å². The van der Waals surface area contributed by atoms with Crippen LogP contribution < -0.4 is 15.4 Å². The molecular formula is C16H18N2O3. The van der Waals surface area contributed by atoms with Gasteiger partial charge in [0.05, 0.1) is 11.7 Å². The molecule has 21 heavy (non-hydrogen) atoms. The first-order valence-corrected chi connectivity index (χ1v) is 6.76. The highest BCUT2D eigenvalue weighted by molar-refractivity contribution is 5.95. The molecule has 1 atom stereocenters. The summed E-state index contributed by atoms with van der Waals surface area (Å²) in [5, 5.41) is 5.61. The fourth-order valence-corrected chi connectivity index (χ4v) is 1.97. The largest absolute Gasteiger partial charge is 0.482 e. The molecule has 0 saturated heterocycles. The van der Waals surface area contributed by atoms with E-state index in [2.05, 4.69) is 10.6 Å². The Labute approximate surface area is 123 Å². The van der Waals surface area contributed by atoms with E-state index in [9.17, 15) is 9.59 Å². The average molecular weight is 286 g/mol. The highest BCUT2D eigenvalue weighted by atomic mass is 16.5. The molecule has 0 spiro atoms. The second kappa shape index (κ2) is 6.74. The normalized spacial score (nSPS) is 15.4. The standard InChI is InChI=1S/C16H18N2O3/c1-3-4-5-6-15(19)17-11(2)12-7-8-14-13(9-12)18-16(20)10-21-14/h3-9,11H,10H2,1-2H3,(H,17,19)(H,18,20)/b4-3+,6-5+. The van der Waals surface area contributed by atoms with E-state index in [1.165, 1.54) is 6.08 Å². The Morgan fingerprint density at radius 3 is 3.00 bits per heavy atom. The molecule has 110 valence electrons. The first-order chi connectivity index (χ1) is 10.1. The van der Waals surface area contributed by atoms with E-state index < -0.39 is 0 Å². The average Bonchev–Trinajstić information content (AvgIpc) is 2.46. The number of hydrogen-bond acceptors (Lipinski definition) is 3. The van der Waals surface area contributed by atoms with Crippen molar-refractivity contribution in [3.63, 3.8) is 0 Å². The number of amides is 2. The molecule has 0 fully saturated rings. The number of hydrogen-bond donors (Lipinski definition) is 2. The van der Waals surface area contributed by atoms with Crippen molar-refractivity contribution in [3.8, 4) is 5.75 Å². The quantitative estimate of drug-likeness (QED) is 0.659. The summed E-state index contributed by atoms with van der Waals surface area (Å²) < 4.78 is 5.30. The van der Waals surface area contributed by atoms with Crippen LogP contribution in [-0.2, 0) is 9.59 Å². The van der Waals surface area contributed by atoms with Crippen molar-refractivity contribution in [1.82, 2.24) is 5.32 Å². The van der Waals surface area contributed by atoms with Crippen LogP contribution in [0.5, 0.6) is 5.75 Å². The zero-order chi connectivity index (χ0) is 15.2. The van der Waals surface area contributed by atoms with Crippen LogP contribution in [0.25, 0.3) is 0 Å². The van der Waals surface area contributed by atoms with E-state index in [0.29, 0.717) is 11.4 Å². The smallest absolute Gasteiger partial charge is 0.262 e. The van der Waals surface area contributed by atoms with Gasteiger partial charge >= 0.3 is 0 Å². The zero-order valence-electron chi connectivity index (χ0n) is 12.1. The van der Waals surface area contributed by atoms with Crippen molar-refractivity contribution < 1.29 is 14.3 Å². The van der Waals surface area contributed by atoms with Crippen molar-refractivity contribution in [1.29, 1.82) is 0 Å². The van der Waals surface area contributed by atoms with E-state index in [1.807, 2.05) is 32.1 Å². The van der Waals surface area contributed by atoms with Crippen molar-refractivity contribution in [3.05, 3.63) is 48.1 Å². The molecule has 5 nitrogen and oxygen atoms in total. The second-order valence-electron chi connectivity index (χ2n) is 4.71. The second-order valence-corrected chi connectivity index (χ2v) is 4.71. The number of carbonyl (C=O) groups excluding carboxylic acids is 2. The minimum atomic E-state index is -0.175. The number of carbonyl (C=O) groups is 2. The Morgan fingerprint density at radius 1 is 1.43 bits per heavy atom. The Kier molecular flexibility index (Phi) is 4.77. The lowest BCUT2D eigenvalue weighted by molar-refractivity contribution is -0.119. The van der Waals surface area contributed by atoms with E-state index in [4.69, 9.17) is 4.74 Å². The zero-order valence-corrected chi connectivity index (χ0v) is 12.1. The first kappa shape index (κ1) is 14.8. The summed E-state index contributed by atoms with van der Waals surface area (Å²) in [5.41, 5.74) is 1.53. The summed E-state index contributed by atoms with van der Waals surface area (Å²) in [6.45, 7) is 3.80. The molecular weight excluding hydrogens is 268 g/mol. The maximum absolute atomic E-state index is 11.7. The number of nitrogens with one attached hydrogen (secondary N) is 2. The highest BCUT2D eigenvalue weighted by Crippen LogP contribution is 2.30. The topological polar surface area (TPSA) is 67.4 Å². The molecule has 1 aromatic rings. The Hall–Kier alpha value is -2.56. The number of ether oxygens (including phenoxy) is 1. The van der Waals surface area contributed by atoms with Gasteiger partial charge in [-0.15, -0.1) is 0 Å². The number of rotatable bonds is 4. The van der Waals surface area contributed by atoms with Gasteiger partial charge < -0.3 is 15.4 Å². The van der Waals surface area contributed by atoms with Crippen molar-refractivity contribution in [2.24, 2.45) is 0 Å². The van der Waals surface area contributed by atoms with E-state index in [0.717, 1.165) is 5.56 Å². The fraction of sp³-hybridized carbons (Fsp3) is 0.250. The van der Waals surface area contributed by atoms with Crippen LogP contribution in [0.1, 0.15) is 25.5 Å². The molecule has 1 unspecified atom stereocenters. The Balaban J connectivity index is 2.06. The fourth-order valence-electron chi connectivity index (χ4n) is 1.97. The molecule has 1 aliphatic heterocycles. The number of allylic oxidation sites excluding steroid dienone is 3. The van der Waals surface area contributed by atoms with Gasteiger partial charge in [-0.3, -0.25) is 9.59 Å². The summed E-state index contributed by atoms with van der Waals surface area (Å²) >= 11 is 0. The number of benzene rings is 1. The van der Waals surface area contributed by atoms with E-state index >= 15 is 0 Å². The summed E-state index contributed by atoms with van der Waals surface area (Å²) in [5.74, 6) is 0.300. The Bertz CT molecular complexity index is 606. The van der Waals surface area contributed by atoms with Gasteiger partial charge in [0.2, 0.25) is 5.91 Å². The molecule has 1 aliphatic rings. The first-order valence-electron chi connectivity index (χ1n) is 6.76. The third-order valence-corrected chi connectivity index (χ3v) is 3.05. The lowest BCUT2D eigenvalue weighted by Gasteiger charge is -2.20. The third-order valence-electron chi connectivity index (χ3n) is 3.05. The van der Waals surface area contributed by atoms with Crippen LogP contribution in [0.3, 0.4) is 0 Å². The molecule has 0 saturated carbocycles.